The third kappa shape index (κ3) is 3.71. The minimum atomic E-state index is -0.646. The summed E-state index contributed by atoms with van der Waals surface area (Å²) < 4.78 is 7.11. The summed E-state index contributed by atoms with van der Waals surface area (Å²) in [5.41, 5.74) is 0.600. The summed E-state index contributed by atoms with van der Waals surface area (Å²) in [4.78, 5) is 32.0. The Morgan fingerprint density at radius 2 is 2.17 bits per heavy atom. The van der Waals surface area contributed by atoms with Crippen molar-refractivity contribution in [1.29, 1.82) is 5.26 Å². The molecule has 1 saturated carbocycles. The smallest absolute Gasteiger partial charge is 0.416 e. The molecule has 0 aliphatic heterocycles. The van der Waals surface area contributed by atoms with Crippen molar-refractivity contribution in [2.45, 2.75) is 45.3 Å². The predicted octanol–water partition coefficient (Wildman–Crippen LogP) is 4.05. The molecular formula is C20H19N5O3S. The van der Waals surface area contributed by atoms with Gasteiger partial charge in [0.05, 0.1) is 22.3 Å². The van der Waals surface area contributed by atoms with Crippen molar-refractivity contribution >= 4 is 35.2 Å². The maximum absolute atomic E-state index is 13.0. The first kappa shape index (κ1) is 19.1. The van der Waals surface area contributed by atoms with E-state index in [1.165, 1.54) is 22.0 Å². The van der Waals surface area contributed by atoms with Crippen LogP contribution in [0, 0.1) is 11.3 Å². The third-order valence-corrected chi connectivity index (χ3v) is 5.34. The summed E-state index contributed by atoms with van der Waals surface area (Å²) in [6.45, 7) is 5.45. The Hall–Kier alpha value is -3.25. The summed E-state index contributed by atoms with van der Waals surface area (Å²) in [7, 11) is 0. The van der Waals surface area contributed by atoms with Gasteiger partial charge in [0.1, 0.15) is 22.4 Å². The fraction of sp³-hybridized carbons (Fsp3) is 0.350. The van der Waals surface area contributed by atoms with Gasteiger partial charge in [-0.1, -0.05) is 0 Å². The molecule has 0 unspecified atom stereocenters. The van der Waals surface area contributed by atoms with E-state index in [-0.39, 0.29) is 6.04 Å². The van der Waals surface area contributed by atoms with E-state index in [1.54, 1.807) is 23.1 Å². The summed E-state index contributed by atoms with van der Waals surface area (Å²) in [6, 6.07) is 7.39. The van der Waals surface area contributed by atoms with Crippen molar-refractivity contribution in [3.8, 4) is 16.6 Å². The molecule has 1 amide bonds. The van der Waals surface area contributed by atoms with Crippen LogP contribution in [0.5, 0.6) is 0 Å². The van der Waals surface area contributed by atoms with Crippen LogP contribution in [-0.4, -0.2) is 38.6 Å². The normalized spacial score (nSPS) is 13.9. The lowest BCUT2D eigenvalue weighted by atomic mass is 10.2. The minimum absolute atomic E-state index is 0.00480. The van der Waals surface area contributed by atoms with Crippen molar-refractivity contribution in [2.24, 2.45) is 0 Å². The molecule has 0 atom stereocenters. The average molecular weight is 409 g/mol. The molecule has 0 radical (unpaired) electrons. The molecule has 3 aromatic rings. The van der Waals surface area contributed by atoms with Crippen LogP contribution in [0.4, 0.5) is 10.6 Å². The van der Waals surface area contributed by atoms with Gasteiger partial charge in [-0.2, -0.15) is 14.9 Å². The number of carbonyl (C=O) groups excluding carboxylic acids is 2. The molecule has 0 aromatic carbocycles. The number of ether oxygens (including phenoxy) is 1. The minimum Gasteiger partial charge on any atom is -0.443 e. The summed E-state index contributed by atoms with van der Waals surface area (Å²) in [5.74, 6) is 0.488. The van der Waals surface area contributed by atoms with Gasteiger partial charge in [0.15, 0.2) is 11.9 Å². The quantitative estimate of drug-likeness (QED) is 0.603. The largest absolute Gasteiger partial charge is 0.443 e. The number of carbonyl (C=O) groups is 2. The van der Waals surface area contributed by atoms with Crippen molar-refractivity contribution in [3.63, 3.8) is 0 Å². The molecule has 3 heterocycles. The average Bonchev–Trinajstić information content (AvgIpc) is 3.21. The lowest BCUT2D eigenvalue weighted by Crippen LogP contribution is -2.39. The third-order valence-electron chi connectivity index (χ3n) is 4.32. The first-order chi connectivity index (χ1) is 13.8. The Bertz CT molecular complexity index is 1150. The summed E-state index contributed by atoms with van der Waals surface area (Å²) in [6.07, 6.45) is 3.37. The van der Waals surface area contributed by atoms with Gasteiger partial charge in [0, 0.05) is 12.1 Å². The number of aromatic nitrogens is 3. The molecular weight excluding hydrogens is 390 g/mol. The van der Waals surface area contributed by atoms with Crippen LogP contribution in [0.3, 0.4) is 0 Å². The molecule has 0 saturated heterocycles. The number of amides is 1. The number of thiophene rings is 1. The maximum Gasteiger partial charge on any atom is 0.416 e. The topological polar surface area (TPSA) is 101 Å². The van der Waals surface area contributed by atoms with Crippen molar-refractivity contribution in [3.05, 3.63) is 34.8 Å². The second kappa shape index (κ2) is 6.97. The zero-order chi connectivity index (χ0) is 20.8. The van der Waals surface area contributed by atoms with Gasteiger partial charge in [0.2, 0.25) is 0 Å². The van der Waals surface area contributed by atoms with E-state index < -0.39 is 11.7 Å². The summed E-state index contributed by atoms with van der Waals surface area (Å²) >= 11 is 1.30. The van der Waals surface area contributed by atoms with Crippen molar-refractivity contribution in [2.75, 3.05) is 4.90 Å². The highest BCUT2D eigenvalue weighted by molar-refractivity contribution is 7.15. The van der Waals surface area contributed by atoms with Crippen LogP contribution in [0.25, 0.3) is 16.2 Å². The van der Waals surface area contributed by atoms with Gasteiger partial charge in [-0.05, 0) is 45.7 Å². The highest BCUT2D eigenvalue weighted by Gasteiger charge is 2.38. The van der Waals surface area contributed by atoms with E-state index in [1.807, 2.05) is 20.8 Å². The zero-order valence-electron chi connectivity index (χ0n) is 16.2. The van der Waals surface area contributed by atoms with Gasteiger partial charge >= 0.3 is 6.09 Å². The summed E-state index contributed by atoms with van der Waals surface area (Å²) in [5, 5.41) is 13.4. The first-order valence-corrected chi connectivity index (χ1v) is 9.99. The SMILES string of the molecule is CC(C)(C)OC(=O)N(c1cc(-c2ccc(C#N)s2)nc2c(C=O)cnn12)C1CC1. The Morgan fingerprint density at radius 1 is 1.41 bits per heavy atom. The fourth-order valence-electron chi connectivity index (χ4n) is 2.95. The Labute approximate surface area is 171 Å². The highest BCUT2D eigenvalue weighted by Crippen LogP contribution is 2.36. The molecule has 0 spiro atoms. The van der Waals surface area contributed by atoms with Crippen LogP contribution in [0.2, 0.25) is 0 Å². The maximum atomic E-state index is 13.0. The lowest BCUT2D eigenvalue weighted by Gasteiger charge is -2.27. The number of nitrogens with zero attached hydrogens (tertiary/aromatic N) is 5. The number of rotatable bonds is 4. The monoisotopic (exact) mass is 409 g/mol. The van der Waals surface area contributed by atoms with Crippen molar-refractivity contribution < 1.29 is 14.3 Å². The van der Waals surface area contributed by atoms with Crippen LogP contribution >= 0.6 is 11.3 Å². The molecule has 1 fully saturated rings. The zero-order valence-corrected chi connectivity index (χ0v) is 17.1. The number of fused-ring (bicyclic) bond motifs is 1. The number of nitriles is 1. The molecule has 0 N–H and O–H groups in total. The van der Waals surface area contributed by atoms with Gasteiger partial charge in [-0.3, -0.25) is 9.69 Å². The predicted molar refractivity (Wildman–Crippen MR) is 108 cm³/mol. The van der Waals surface area contributed by atoms with Crippen LogP contribution in [0.15, 0.2) is 24.4 Å². The first-order valence-electron chi connectivity index (χ1n) is 9.17. The van der Waals surface area contributed by atoms with E-state index in [4.69, 9.17) is 10.00 Å². The second-order valence-corrected chi connectivity index (χ2v) is 8.89. The molecule has 9 heteroatoms. The van der Waals surface area contributed by atoms with Crippen molar-refractivity contribution in [1.82, 2.24) is 14.6 Å². The fourth-order valence-corrected chi connectivity index (χ4v) is 3.72. The second-order valence-electron chi connectivity index (χ2n) is 7.81. The Balaban J connectivity index is 1.89. The molecule has 0 bridgehead atoms. The van der Waals surface area contributed by atoms with E-state index in [2.05, 4.69) is 16.2 Å². The number of aldehydes is 1. The molecule has 1 aliphatic carbocycles. The highest BCUT2D eigenvalue weighted by atomic mass is 32.1. The van der Waals surface area contributed by atoms with Gasteiger partial charge in [0.25, 0.3) is 0 Å². The number of hydrogen-bond acceptors (Lipinski definition) is 7. The van der Waals surface area contributed by atoms with E-state index in [9.17, 15) is 9.59 Å². The van der Waals surface area contributed by atoms with Crippen LogP contribution in [0.1, 0.15) is 48.8 Å². The van der Waals surface area contributed by atoms with E-state index >= 15 is 0 Å². The molecule has 29 heavy (non-hydrogen) atoms. The molecule has 4 rings (SSSR count). The lowest BCUT2D eigenvalue weighted by molar-refractivity contribution is 0.0576. The standard InChI is InChI=1S/C20H19N5O3S/c1-20(2,3)28-19(27)24(13-4-5-13)17-8-15(16-7-6-14(9-21)29-16)23-18-12(11-26)10-22-25(17)18/h6-8,10-11,13H,4-5H2,1-3H3. The van der Waals surface area contributed by atoms with Gasteiger partial charge in [-0.15, -0.1) is 11.3 Å². The number of hydrogen-bond donors (Lipinski definition) is 0. The molecule has 3 aromatic heterocycles. The van der Waals surface area contributed by atoms with Crippen LogP contribution in [-0.2, 0) is 4.74 Å². The van der Waals surface area contributed by atoms with E-state index in [0.717, 1.165) is 17.7 Å². The molecule has 148 valence electrons. The Morgan fingerprint density at radius 3 is 2.76 bits per heavy atom. The van der Waals surface area contributed by atoms with E-state index in [0.29, 0.717) is 33.9 Å². The Kier molecular flexibility index (Phi) is 4.59. The van der Waals surface area contributed by atoms with Gasteiger partial charge in [-0.25, -0.2) is 9.78 Å². The number of anilines is 1. The van der Waals surface area contributed by atoms with Crippen LogP contribution < -0.4 is 4.90 Å². The van der Waals surface area contributed by atoms with Gasteiger partial charge < -0.3 is 4.74 Å². The molecule has 8 nitrogen and oxygen atoms in total. The molecule has 1 aliphatic rings.